The van der Waals surface area contributed by atoms with E-state index in [0.29, 0.717) is 6.42 Å². The van der Waals surface area contributed by atoms with E-state index < -0.39 is 63.7 Å². The van der Waals surface area contributed by atoms with Gasteiger partial charge in [0.1, 0.15) is 11.8 Å². The fraction of sp³-hybridized carbons (Fsp3) is 0.727. The highest BCUT2D eigenvalue weighted by Crippen LogP contribution is 2.70. The number of nitrogens with two attached hydrogens (primary N) is 1. The molecule has 4 rings (SSSR count). The maximum atomic E-state index is 16.9. The monoisotopic (exact) mass is 409 g/mol. The molecule has 0 aromatic carbocycles. The third-order valence-corrected chi connectivity index (χ3v) is 8.82. The zero-order valence-electron chi connectivity index (χ0n) is 17.0. The van der Waals surface area contributed by atoms with Crippen LogP contribution in [-0.4, -0.2) is 51.9 Å². The first kappa shape index (κ1) is 20.8. The van der Waals surface area contributed by atoms with Crippen molar-refractivity contribution in [2.75, 3.05) is 6.54 Å². The normalized spacial score (nSPS) is 53.7. The molecule has 0 heterocycles. The van der Waals surface area contributed by atoms with Crippen molar-refractivity contribution in [1.82, 2.24) is 0 Å². The number of hydrogen-bond donors (Lipinski definition) is 3. The summed E-state index contributed by atoms with van der Waals surface area (Å²) in [5.41, 5.74) is -0.966. The number of Topliss-reactive ketones (excluding diaryl/α,β-unsaturated/α-hetero) is 1. The summed E-state index contributed by atoms with van der Waals surface area (Å²) in [6.45, 7) is 4.60. The zero-order chi connectivity index (χ0) is 21.6. The van der Waals surface area contributed by atoms with E-state index in [1.165, 1.54) is 19.1 Å². The van der Waals surface area contributed by atoms with Gasteiger partial charge in [-0.25, -0.2) is 8.78 Å². The fourth-order valence-corrected chi connectivity index (χ4v) is 7.29. The van der Waals surface area contributed by atoms with Gasteiger partial charge < -0.3 is 15.9 Å². The highest BCUT2D eigenvalue weighted by atomic mass is 19.1. The molecular formula is C22H29F2NO4. The number of aliphatic hydroxyl groups is 2. The zero-order valence-corrected chi connectivity index (χ0v) is 17.0. The van der Waals surface area contributed by atoms with Gasteiger partial charge in [-0.15, -0.1) is 0 Å². The number of allylic oxidation sites excluding steroid dienone is 4. The molecule has 0 spiro atoms. The predicted octanol–water partition coefficient (Wildman–Crippen LogP) is 1.81. The van der Waals surface area contributed by atoms with E-state index in [2.05, 4.69) is 0 Å². The topological polar surface area (TPSA) is 101 Å². The van der Waals surface area contributed by atoms with E-state index in [0.717, 1.165) is 6.08 Å². The molecule has 29 heavy (non-hydrogen) atoms. The Hall–Kier alpha value is -1.44. The third kappa shape index (κ3) is 2.19. The van der Waals surface area contributed by atoms with Crippen LogP contribution in [0.4, 0.5) is 8.78 Å². The summed E-state index contributed by atoms with van der Waals surface area (Å²) in [4.78, 5) is 24.5. The quantitative estimate of drug-likeness (QED) is 0.646. The lowest BCUT2D eigenvalue weighted by atomic mass is 9.44. The lowest BCUT2D eigenvalue weighted by Crippen LogP contribution is -2.70. The largest absolute Gasteiger partial charge is 0.390 e. The molecule has 160 valence electrons. The summed E-state index contributed by atoms with van der Waals surface area (Å²) >= 11 is 0. The molecule has 4 aliphatic rings. The van der Waals surface area contributed by atoms with Crippen molar-refractivity contribution in [2.24, 2.45) is 34.3 Å². The molecule has 5 nitrogen and oxygen atoms in total. The second-order valence-electron chi connectivity index (χ2n) is 9.89. The Morgan fingerprint density at radius 3 is 2.59 bits per heavy atom. The van der Waals surface area contributed by atoms with E-state index in [4.69, 9.17) is 5.73 Å². The maximum absolute atomic E-state index is 16.9. The molecule has 4 aliphatic carbocycles. The van der Waals surface area contributed by atoms with Gasteiger partial charge in [0.2, 0.25) is 0 Å². The van der Waals surface area contributed by atoms with Crippen LogP contribution in [0.3, 0.4) is 0 Å². The third-order valence-electron chi connectivity index (χ3n) is 8.82. The summed E-state index contributed by atoms with van der Waals surface area (Å²) < 4.78 is 32.1. The SMILES string of the molecule is C[C@@H]1CC2C3C[C@H](F)C4=CC(=O)C=CC4(C)[C@@]3(F)C(O)CC2(C)C1(O)C(=O)CN. The molecule has 9 atom stereocenters. The van der Waals surface area contributed by atoms with E-state index in [-0.39, 0.29) is 25.0 Å². The van der Waals surface area contributed by atoms with Crippen LogP contribution in [0.1, 0.15) is 40.0 Å². The molecule has 0 aromatic rings. The average Bonchev–Trinajstić information content (AvgIpc) is 2.86. The Bertz CT molecular complexity index is 843. The fourth-order valence-electron chi connectivity index (χ4n) is 7.29. The van der Waals surface area contributed by atoms with E-state index in [1.807, 2.05) is 0 Å². The molecule has 0 saturated heterocycles. The lowest BCUT2D eigenvalue weighted by molar-refractivity contribution is -0.222. The molecule has 0 bridgehead atoms. The Morgan fingerprint density at radius 2 is 1.97 bits per heavy atom. The highest BCUT2D eigenvalue weighted by molar-refractivity contribution is 6.01. The lowest BCUT2D eigenvalue weighted by Gasteiger charge is -2.63. The smallest absolute Gasteiger partial charge is 0.178 e. The van der Waals surface area contributed by atoms with Crippen molar-refractivity contribution < 1.29 is 28.6 Å². The average molecular weight is 409 g/mol. The number of alkyl halides is 2. The first-order valence-electron chi connectivity index (χ1n) is 10.3. The predicted molar refractivity (Wildman–Crippen MR) is 102 cm³/mol. The van der Waals surface area contributed by atoms with Crippen LogP contribution < -0.4 is 5.73 Å². The van der Waals surface area contributed by atoms with Crippen molar-refractivity contribution in [3.63, 3.8) is 0 Å². The molecule has 0 aromatic heterocycles. The minimum absolute atomic E-state index is 0.0609. The van der Waals surface area contributed by atoms with Crippen molar-refractivity contribution >= 4 is 11.6 Å². The molecule has 3 fully saturated rings. The Labute approximate surface area is 169 Å². The number of hydrogen-bond acceptors (Lipinski definition) is 5. The first-order chi connectivity index (χ1) is 13.4. The highest BCUT2D eigenvalue weighted by Gasteiger charge is 2.76. The number of carbonyl (C=O) groups is 2. The molecular weight excluding hydrogens is 380 g/mol. The van der Waals surface area contributed by atoms with Gasteiger partial charge in [-0.2, -0.15) is 0 Å². The van der Waals surface area contributed by atoms with Gasteiger partial charge in [-0.1, -0.05) is 19.9 Å². The summed E-state index contributed by atoms with van der Waals surface area (Å²) in [5, 5.41) is 22.6. The van der Waals surface area contributed by atoms with Crippen LogP contribution in [0.25, 0.3) is 0 Å². The van der Waals surface area contributed by atoms with Gasteiger partial charge in [0.05, 0.1) is 12.6 Å². The van der Waals surface area contributed by atoms with Crippen molar-refractivity contribution in [3.8, 4) is 0 Å². The molecule has 4 N–H and O–H groups in total. The van der Waals surface area contributed by atoms with Gasteiger partial charge in [0, 0.05) is 16.7 Å². The first-order valence-corrected chi connectivity index (χ1v) is 10.3. The Balaban J connectivity index is 1.87. The van der Waals surface area contributed by atoms with Crippen LogP contribution in [-0.2, 0) is 9.59 Å². The summed E-state index contributed by atoms with van der Waals surface area (Å²) in [5.74, 6) is -2.83. The van der Waals surface area contributed by atoms with Gasteiger partial charge in [-0.05, 0) is 55.7 Å². The minimum atomic E-state index is -2.21. The van der Waals surface area contributed by atoms with E-state index in [9.17, 15) is 19.8 Å². The van der Waals surface area contributed by atoms with Gasteiger partial charge >= 0.3 is 0 Å². The molecule has 3 saturated carbocycles. The van der Waals surface area contributed by atoms with Crippen LogP contribution in [0, 0.1) is 28.6 Å². The molecule has 0 radical (unpaired) electrons. The molecule has 0 aliphatic heterocycles. The van der Waals surface area contributed by atoms with Gasteiger partial charge in [0.25, 0.3) is 0 Å². The van der Waals surface area contributed by atoms with Crippen LogP contribution >= 0.6 is 0 Å². The van der Waals surface area contributed by atoms with Crippen LogP contribution in [0.2, 0.25) is 0 Å². The number of halogens is 2. The number of ketones is 2. The van der Waals surface area contributed by atoms with Gasteiger partial charge in [0.15, 0.2) is 17.2 Å². The second-order valence-corrected chi connectivity index (χ2v) is 9.89. The minimum Gasteiger partial charge on any atom is -0.390 e. The van der Waals surface area contributed by atoms with E-state index in [1.54, 1.807) is 13.8 Å². The van der Waals surface area contributed by atoms with Crippen LogP contribution in [0.5, 0.6) is 0 Å². The second kappa shape index (κ2) is 6.05. The standard InChI is InChI=1S/C22H29F2NO4/c1-11-6-13-14-8-16(23)15-7-12(26)4-5-19(15,2)21(14,24)17(27)9-20(13,3)22(11,29)18(28)10-25/h4-5,7,11,13-14,16-17,27,29H,6,8-10,25H2,1-3H3/t11-,13?,14?,16+,17?,19?,20?,21+,22?/m1/s1. The Kier molecular flexibility index (Phi) is 4.34. The molecule has 7 heteroatoms. The number of carbonyl (C=O) groups excluding carboxylic acids is 2. The molecule has 0 amide bonds. The maximum Gasteiger partial charge on any atom is 0.178 e. The van der Waals surface area contributed by atoms with E-state index >= 15 is 8.78 Å². The van der Waals surface area contributed by atoms with Crippen molar-refractivity contribution in [3.05, 3.63) is 23.8 Å². The Morgan fingerprint density at radius 1 is 1.31 bits per heavy atom. The number of rotatable bonds is 2. The summed E-state index contributed by atoms with van der Waals surface area (Å²) in [6, 6.07) is 0. The number of fused-ring (bicyclic) bond motifs is 5. The van der Waals surface area contributed by atoms with Crippen molar-refractivity contribution in [2.45, 2.75) is 63.6 Å². The van der Waals surface area contributed by atoms with Crippen LogP contribution in [0.15, 0.2) is 23.8 Å². The summed E-state index contributed by atoms with van der Waals surface area (Å²) in [7, 11) is 0. The van der Waals surface area contributed by atoms with Gasteiger partial charge in [-0.3, -0.25) is 9.59 Å². The number of aliphatic hydroxyl groups excluding tert-OH is 1. The van der Waals surface area contributed by atoms with Crippen molar-refractivity contribution in [1.29, 1.82) is 0 Å². The molecule has 6 unspecified atom stereocenters. The summed E-state index contributed by atoms with van der Waals surface area (Å²) in [6.07, 6.45) is 0.688.